The van der Waals surface area contributed by atoms with Gasteiger partial charge in [0.2, 0.25) is 5.89 Å². The Labute approximate surface area is 129 Å². The molecule has 2 heterocycles. The Morgan fingerprint density at radius 1 is 1.45 bits per heavy atom. The predicted octanol–water partition coefficient (Wildman–Crippen LogP) is 1.95. The lowest BCUT2D eigenvalue weighted by molar-refractivity contribution is 0.170. The van der Waals surface area contributed by atoms with Crippen LogP contribution in [-0.2, 0) is 13.0 Å². The molecule has 2 atom stereocenters. The molecule has 0 bridgehead atoms. The van der Waals surface area contributed by atoms with Gasteiger partial charge >= 0.3 is 0 Å². The maximum absolute atomic E-state index is 10.1. The van der Waals surface area contributed by atoms with E-state index in [9.17, 15) is 5.11 Å². The van der Waals surface area contributed by atoms with Crippen LogP contribution in [-0.4, -0.2) is 39.9 Å². The number of β-amino-alcohol motifs (C(OH)–C–C–N with tert-alkyl or cyclic N) is 1. The van der Waals surface area contributed by atoms with E-state index in [1.807, 2.05) is 25.1 Å². The van der Waals surface area contributed by atoms with Gasteiger partial charge in [-0.15, -0.1) is 0 Å². The maximum Gasteiger partial charge on any atom is 0.226 e. The Morgan fingerprint density at radius 3 is 3.05 bits per heavy atom. The minimum atomic E-state index is -0.339. The lowest BCUT2D eigenvalue weighted by Gasteiger charge is -2.23. The van der Waals surface area contributed by atoms with Crippen LogP contribution >= 0.6 is 0 Å². The third-order valence-corrected chi connectivity index (χ3v) is 4.02. The van der Waals surface area contributed by atoms with E-state index in [0.717, 1.165) is 17.7 Å². The first-order chi connectivity index (χ1) is 10.7. The normalized spacial score (nSPS) is 22.1. The number of likely N-dealkylation sites (tertiary alicyclic amines) is 1. The first-order valence-corrected chi connectivity index (χ1v) is 7.57. The minimum Gasteiger partial charge on any atom is -0.497 e. The van der Waals surface area contributed by atoms with E-state index >= 15 is 0 Å². The Morgan fingerprint density at radius 2 is 2.32 bits per heavy atom. The second-order valence-corrected chi connectivity index (χ2v) is 5.57. The van der Waals surface area contributed by atoms with E-state index < -0.39 is 0 Å². The molecule has 1 fully saturated rings. The van der Waals surface area contributed by atoms with E-state index in [2.05, 4.69) is 21.1 Å². The summed E-state index contributed by atoms with van der Waals surface area (Å²) in [4.78, 5) is 6.54. The fourth-order valence-corrected chi connectivity index (χ4v) is 2.93. The molecule has 1 aromatic carbocycles. The maximum atomic E-state index is 10.1. The predicted molar refractivity (Wildman–Crippen MR) is 80.4 cm³/mol. The molecule has 0 saturated carbocycles. The summed E-state index contributed by atoms with van der Waals surface area (Å²) in [5, 5.41) is 14.1. The van der Waals surface area contributed by atoms with Crippen LogP contribution in [0.15, 0.2) is 28.8 Å². The van der Waals surface area contributed by atoms with Crippen LogP contribution in [0.5, 0.6) is 5.75 Å². The quantitative estimate of drug-likeness (QED) is 0.910. The van der Waals surface area contributed by atoms with Crippen molar-refractivity contribution in [3.05, 3.63) is 41.5 Å². The molecule has 2 aromatic rings. The number of aliphatic hydroxyl groups is 1. The average Bonchev–Trinajstić information content (AvgIpc) is 3.14. The topological polar surface area (TPSA) is 71.6 Å². The van der Waals surface area contributed by atoms with Crippen molar-refractivity contribution >= 4 is 0 Å². The molecule has 1 saturated heterocycles. The van der Waals surface area contributed by atoms with Gasteiger partial charge in [0.1, 0.15) is 5.75 Å². The number of rotatable bonds is 5. The zero-order valence-corrected chi connectivity index (χ0v) is 12.9. The van der Waals surface area contributed by atoms with E-state index in [4.69, 9.17) is 9.26 Å². The van der Waals surface area contributed by atoms with E-state index in [-0.39, 0.29) is 12.1 Å². The molecule has 0 radical (unpaired) electrons. The smallest absolute Gasteiger partial charge is 0.226 e. The summed E-state index contributed by atoms with van der Waals surface area (Å²) < 4.78 is 10.5. The molecule has 1 aliphatic heterocycles. The van der Waals surface area contributed by atoms with Gasteiger partial charge in [-0.1, -0.05) is 24.2 Å². The highest BCUT2D eigenvalue weighted by Gasteiger charge is 2.33. The highest BCUT2D eigenvalue weighted by Crippen LogP contribution is 2.34. The largest absolute Gasteiger partial charge is 0.497 e. The van der Waals surface area contributed by atoms with Crippen molar-refractivity contribution in [3.63, 3.8) is 0 Å². The summed E-state index contributed by atoms with van der Waals surface area (Å²) in [5.74, 6) is 2.14. The fourth-order valence-electron chi connectivity index (χ4n) is 2.93. The van der Waals surface area contributed by atoms with Crippen LogP contribution in [0.1, 0.15) is 36.7 Å². The van der Waals surface area contributed by atoms with Gasteiger partial charge in [0.05, 0.1) is 19.8 Å². The fraction of sp³-hybridized carbons (Fsp3) is 0.500. The van der Waals surface area contributed by atoms with Crippen molar-refractivity contribution in [1.29, 1.82) is 0 Å². The summed E-state index contributed by atoms with van der Waals surface area (Å²) in [6.07, 6.45) is 1.09. The van der Waals surface area contributed by atoms with Crippen LogP contribution < -0.4 is 4.74 Å². The molecule has 0 unspecified atom stereocenters. The molecular weight excluding hydrogens is 282 g/mol. The van der Waals surface area contributed by atoms with Crippen molar-refractivity contribution in [3.8, 4) is 5.75 Å². The first kappa shape index (κ1) is 15.0. The number of aromatic nitrogens is 2. The monoisotopic (exact) mass is 303 g/mol. The average molecular weight is 303 g/mol. The van der Waals surface area contributed by atoms with Gasteiger partial charge in [-0.3, -0.25) is 4.90 Å². The molecule has 1 aliphatic rings. The highest BCUT2D eigenvalue weighted by atomic mass is 16.5. The number of hydrogen-bond donors (Lipinski definition) is 1. The van der Waals surface area contributed by atoms with Crippen LogP contribution in [0.2, 0.25) is 0 Å². The minimum absolute atomic E-state index is 0.133. The van der Waals surface area contributed by atoms with Crippen molar-refractivity contribution in [2.75, 3.05) is 13.7 Å². The molecule has 1 aromatic heterocycles. The zero-order valence-electron chi connectivity index (χ0n) is 12.9. The Hall–Kier alpha value is -1.92. The molecule has 0 spiro atoms. The van der Waals surface area contributed by atoms with Crippen molar-refractivity contribution in [1.82, 2.24) is 15.0 Å². The molecule has 0 amide bonds. The van der Waals surface area contributed by atoms with Crippen LogP contribution in [0, 0.1) is 0 Å². The van der Waals surface area contributed by atoms with E-state index in [1.165, 1.54) is 0 Å². The second-order valence-electron chi connectivity index (χ2n) is 5.57. The highest BCUT2D eigenvalue weighted by molar-refractivity contribution is 5.31. The third-order valence-electron chi connectivity index (χ3n) is 4.02. The van der Waals surface area contributed by atoms with Crippen molar-refractivity contribution in [2.24, 2.45) is 0 Å². The summed E-state index contributed by atoms with van der Waals surface area (Å²) in [5.41, 5.74) is 1.13. The van der Waals surface area contributed by atoms with Gasteiger partial charge < -0.3 is 14.4 Å². The standard InChI is InChI=1S/C16H21N3O3/c1-3-16-17-15(18-22-16)10-19-9-12(20)8-14(19)11-5-4-6-13(7-11)21-2/h4-7,12,14,20H,3,8-10H2,1-2H3/t12-,14-/m0/s1. The van der Waals surface area contributed by atoms with Gasteiger partial charge in [-0.2, -0.15) is 4.98 Å². The molecule has 0 aliphatic carbocycles. The second kappa shape index (κ2) is 6.46. The number of methoxy groups -OCH3 is 1. The molecule has 118 valence electrons. The lowest BCUT2D eigenvalue weighted by atomic mass is 10.0. The van der Waals surface area contributed by atoms with Crippen molar-refractivity contribution < 1.29 is 14.4 Å². The van der Waals surface area contributed by atoms with E-state index in [0.29, 0.717) is 31.2 Å². The number of aliphatic hydroxyl groups excluding tert-OH is 1. The Balaban J connectivity index is 1.79. The first-order valence-electron chi connectivity index (χ1n) is 7.57. The lowest BCUT2D eigenvalue weighted by Crippen LogP contribution is -2.25. The third kappa shape index (κ3) is 3.13. The summed E-state index contributed by atoms with van der Waals surface area (Å²) in [6, 6.07) is 8.11. The number of hydrogen-bond acceptors (Lipinski definition) is 6. The number of nitrogens with zero attached hydrogens (tertiary/aromatic N) is 3. The number of aryl methyl sites for hydroxylation is 1. The number of benzene rings is 1. The van der Waals surface area contributed by atoms with Gasteiger partial charge in [0, 0.05) is 19.0 Å². The van der Waals surface area contributed by atoms with Gasteiger partial charge in [0.15, 0.2) is 5.82 Å². The van der Waals surface area contributed by atoms with Crippen molar-refractivity contribution in [2.45, 2.75) is 38.5 Å². The molecule has 1 N–H and O–H groups in total. The summed E-state index contributed by atoms with van der Waals surface area (Å²) in [6.45, 7) is 3.16. The molecule has 3 rings (SSSR count). The zero-order chi connectivity index (χ0) is 15.5. The van der Waals surface area contributed by atoms with Crippen LogP contribution in [0.3, 0.4) is 0 Å². The van der Waals surface area contributed by atoms with Gasteiger partial charge in [0.25, 0.3) is 0 Å². The SMILES string of the molecule is CCc1nc(CN2C[C@@H](O)C[C@H]2c2cccc(OC)c2)no1. The molecule has 6 heteroatoms. The molecule has 6 nitrogen and oxygen atoms in total. The Kier molecular flexibility index (Phi) is 4.40. The molecule has 22 heavy (non-hydrogen) atoms. The van der Waals surface area contributed by atoms with Gasteiger partial charge in [-0.05, 0) is 24.1 Å². The van der Waals surface area contributed by atoms with E-state index in [1.54, 1.807) is 7.11 Å². The van der Waals surface area contributed by atoms with Gasteiger partial charge in [-0.25, -0.2) is 0 Å². The summed E-state index contributed by atoms with van der Waals surface area (Å²) in [7, 11) is 1.66. The summed E-state index contributed by atoms with van der Waals surface area (Å²) >= 11 is 0. The molecular formula is C16H21N3O3. The Bertz CT molecular complexity index is 629. The van der Waals surface area contributed by atoms with Crippen LogP contribution in [0.25, 0.3) is 0 Å². The number of ether oxygens (including phenoxy) is 1. The van der Waals surface area contributed by atoms with Crippen LogP contribution in [0.4, 0.5) is 0 Å².